The van der Waals surface area contributed by atoms with Gasteiger partial charge in [-0.15, -0.1) is 0 Å². The first-order valence-electron chi connectivity index (χ1n) is 32.9. The second kappa shape index (κ2) is 66.0. The molecule has 4 heteroatoms. The molecule has 0 aliphatic rings. The lowest BCUT2D eigenvalue weighted by Crippen LogP contribution is -2.13. The molecule has 70 heavy (non-hydrogen) atoms. The van der Waals surface area contributed by atoms with Gasteiger partial charge < -0.3 is 9.47 Å². The molecule has 1 atom stereocenters. The Balaban J connectivity index is 0. The van der Waals surface area contributed by atoms with E-state index in [1.165, 1.54) is 321 Å². The fourth-order valence-electron chi connectivity index (χ4n) is 10.1. The van der Waals surface area contributed by atoms with Gasteiger partial charge in [0.2, 0.25) is 0 Å². The fourth-order valence-corrected chi connectivity index (χ4v) is 10.1. The van der Waals surface area contributed by atoms with Gasteiger partial charge in [-0.25, -0.2) is 0 Å². The summed E-state index contributed by atoms with van der Waals surface area (Å²) >= 11 is 0. The average molecular weight is 990 g/mol. The van der Waals surface area contributed by atoms with Crippen molar-refractivity contribution in [2.75, 3.05) is 13.2 Å². The Morgan fingerprint density at radius 2 is 0.471 bits per heavy atom. The Kier molecular flexibility index (Phi) is 66.9. The van der Waals surface area contributed by atoms with E-state index in [1.54, 1.807) is 0 Å². The second-order valence-electron chi connectivity index (χ2n) is 22.4. The van der Waals surface area contributed by atoms with Gasteiger partial charge in [0.15, 0.2) is 0 Å². The van der Waals surface area contributed by atoms with Gasteiger partial charge >= 0.3 is 11.9 Å². The molecule has 0 radical (unpaired) electrons. The lowest BCUT2D eigenvalue weighted by Gasteiger charge is -2.14. The van der Waals surface area contributed by atoms with E-state index in [0.717, 1.165) is 25.7 Å². The molecular weight excluding hydrogens is 857 g/mol. The zero-order valence-corrected chi connectivity index (χ0v) is 49.2. The molecule has 0 bridgehead atoms. The Bertz CT molecular complexity index is 948. The Hall–Kier alpha value is -1.06. The van der Waals surface area contributed by atoms with Crippen molar-refractivity contribution in [3.8, 4) is 0 Å². The summed E-state index contributed by atoms with van der Waals surface area (Å²) in [5.41, 5.74) is 0. The van der Waals surface area contributed by atoms with Crippen LogP contribution in [0.15, 0.2) is 0 Å². The normalized spacial score (nSPS) is 11.7. The topological polar surface area (TPSA) is 52.6 Å². The van der Waals surface area contributed by atoms with Crippen molar-refractivity contribution in [1.29, 1.82) is 0 Å². The summed E-state index contributed by atoms with van der Waals surface area (Å²) in [5, 5.41) is 0. The van der Waals surface area contributed by atoms with E-state index in [4.69, 9.17) is 9.47 Å². The summed E-state index contributed by atoms with van der Waals surface area (Å²) in [4.78, 5) is 23.8. The lowest BCUT2D eigenvalue weighted by molar-refractivity contribution is -0.145. The van der Waals surface area contributed by atoms with E-state index in [1.807, 2.05) is 0 Å². The number of unbranched alkanes of at least 4 members (excludes halogenated alkanes) is 48. The van der Waals surface area contributed by atoms with Gasteiger partial charge in [-0.05, 0) is 31.6 Å². The maximum atomic E-state index is 11.9. The highest BCUT2D eigenvalue weighted by Crippen LogP contribution is 2.19. The fraction of sp³-hybridized carbons (Fsp3) is 0.970. The molecule has 0 amide bonds. The molecule has 4 nitrogen and oxygen atoms in total. The van der Waals surface area contributed by atoms with E-state index < -0.39 is 0 Å². The van der Waals surface area contributed by atoms with E-state index in [9.17, 15) is 9.59 Å². The van der Waals surface area contributed by atoms with E-state index in [2.05, 4.69) is 34.6 Å². The van der Waals surface area contributed by atoms with Crippen LogP contribution in [0.1, 0.15) is 394 Å². The van der Waals surface area contributed by atoms with Crippen LogP contribution in [0.25, 0.3) is 0 Å². The minimum Gasteiger partial charge on any atom is -0.466 e. The monoisotopic (exact) mass is 989 g/mol. The number of rotatable bonds is 59. The Morgan fingerprint density at radius 1 is 0.257 bits per heavy atom. The summed E-state index contributed by atoms with van der Waals surface area (Å²) in [7, 11) is 0. The first-order valence-corrected chi connectivity index (χ1v) is 32.9. The van der Waals surface area contributed by atoms with Crippen molar-refractivity contribution in [3.63, 3.8) is 0 Å². The highest BCUT2D eigenvalue weighted by molar-refractivity contribution is 5.69. The molecule has 0 aliphatic carbocycles. The van der Waals surface area contributed by atoms with Crippen molar-refractivity contribution in [2.24, 2.45) is 5.92 Å². The van der Waals surface area contributed by atoms with Crippen molar-refractivity contribution in [1.82, 2.24) is 0 Å². The summed E-state index contributed by atoms with van der Waals surface area (Å²) < 4.78 is 10.9. The maximum absolute atomic E-state index is 11.9. The molecule has 0 aliphatic heterocycles. The first-order chi connectivity index (χ1) is 34.5. The molecule has 0 saturated heterocycles. The zero-order chi connectivity index (χ0) is 51.2. The summed E-state index contributed by atoms with van der Waals surface area (Å²) in [6.45, 7) is 12.6. The van der Waals surface area contributed by atoms with Gasteiger partial charge in [-0.3, -0.25) is 9.59 Å². The number of carbonyl (C=O) groups is 2. The SMILES string of the molecule is CCCCCCCCCCCCCCCCCCCC(=O)OCCCCCCCCCCCCCCCC.CCCCCCCCCCCCCCCCCCCCCC(=O)OCC(CC)CCCC. The van der Waals surface area contributed by atoms with Crippen LogP contribution in [0.5, 0.6) is 0 Å². The molecule has 0 saturated carbocycles. The van der Waals surface area contributed by atoms with Gasteiger partial charge in [-0.1, -0.05) is 356 Å². The maximum Gasteiger partial charge on any atom is 0.305 e. The predicted molar refractivity (Wildman–Crippen MR) is 312 cm³/mol. The molecule has 420 valence electrons. The van der Waals surface area contributed by atoms with Crippen molar-refractivity contribution in [3.05, 3.63) is 0 Å². The first kappa shape index (κ1) is 71.0. The molecule has 0 aromatic rings. The molecule has 0 fully saturated rings. The third-order valence-corrected chi connectivity index (χ3v) is 15.3. The second-order valence-corrected chi connectivity index (χ2v) is 22.4. The van der Waals surface area contributed by atoms with Gasteiger partial charge in [0.25, 0.3) is 0 Å². The molecule has 0 aromatic heterocycles. The van der Waals surface area contributed by atoms with Crippen LogP contribution < -0.4 is 0 Å². The highest BCUT2D eigenvalue weighted by Gasteiger charge is 2.10. The van der Waals surface area contributed by atoms with Gasteiger partial charge in [0.05, 0.1) is 13.2 Å². The molecule has 1 unspecified atom stereocenters. The smallest absolute Gasteiger partial charge is 0.305 e. The van der Waals surface area contributed by atoms with Crippen molar-refractivity contribution < 1.29 is 19.1 Å². The van der Waals surface area contributed by atoms with Gasteiger partial charge in [0.1, 0.15) is 0 Å². The van der Waals surface area contributed by atoms with Crippen molar-refractivity contribution >= 4 is 11.9 Å². The van der Waals surface area contributed by atoms with Crippen LogP contribution in [-0.4, -0.2) is 25.2 Å². The van der Waals surface area contributed by atoms with E-state index >= 15 is 0 Å². The number of ether oxygens (including phenoxy) is 2. The zero-order valence-electron chi connectivity index (χ0n) is 49.2. The molecule has 0 aromatic carbocycles. The summed E-state index contributed by atoms with van der Waals surface area (Å²) in [6.07, 6.45) is 74.8. The number of hydrogen-bond acceptors (Lipinski definition) is 4. The average Bonchev–Trinajstić information content (AvgIpc) is 3.37. The van der Waals surface area contributed by atoms with Crippen LogP contribution >= 0.6 is 0 Å². The Morgan fingerprint density at radius 3 is 0.714 bits per heavy atom. The minimum atomic E-state index is 0.0203. The van der Waals surface area contributed by atoms with Crippen LogP contribution in [0.3, 0.4) is 0 Å². The van der Waals surface area contributed by atoms with E-state index in [-0.39, 0.29) is 11.9 Å². The molecular formula is C66H132O4. The van der Waals surface area contributed by atoms with Crippen LogP contribution in [-0.2, 0) is 19.1 Å². The quantitative estimate of drug-likeness (QED) is 0.0450. The molecule has 0 N–H and O–H groups in total. The van der Waals surface area contributed by atoms with Gasteiger partial charge in [-0.2, -0.15) is 0 Å². The molecule has 0 heterocycles. The minimum absolute atomic E-state index is 0.0203. The highest BCUT2D eigenvalue weighted by atomic mass is 16.5. The van der Waals surface area contributed by atoms with Crippen molar-refractivity contribution in [2.45, 2.75) is 394 Å². The summed E-state index contributed by atoms with van der Waals surface area (Å²) in [5.74, 6) is 0.608. The summed E-state index contributed by atoms with van der Waals surface area (Å²) in [6, 6.07) is 0. The lowest BCUT2D eigenvalue weighted by atomic mass is 10.0. The largest absolute Gasteiger partial charge is 0.466 e. The van der Waals surface area contributed by atoms with Crippen LogP contribution in [0.2, 0.25) is 0 Å². The molecule has 0 rings (SSSR count). The number of carbonyl (C=O) groups excluding carboxylic acids is 2. The van der Waals surface area contributed by atoms with Crippen LogP contribution in [0, 0.1) is 5.92 Å². The molecule has 0 spiro atoms. The standard InChI is InChI=1S/C36H72O2.C30H60O2/c1-3-5-7-9-11-13-15-17-19-20-21-22-24-26-28-30-32-34-36(37)38-35-33-31-29-27-25-23-18-16-14-12-10-8-6-4-2;1-4-7-9-10-11-12-13-14-15-16-17-18-19-20-21-22-23-24-25-27-30(31)32-28-29(6-3)26-8-5-2/h3-35H2,1-2H3;29H,4-28H2,1-3H3. The number of hydrogen-bond donors (Lipinski definition) is 0. The number of esters is 2. The Labute approximate surface area is 442 Å². The predicted octanol–water partition coefficient (Wildman–Crippen LogP) is 23.6. The van der Waals surface area contributed by atoms with Crippen LogP contribution in [0.4, 0.5) is 0 Å². The third kappa shape index (κ3) is 65.0. The third-order valence-electron chi connectivity index (χ3n) is 15.3. The van der Waals surface area contributed by atoms with E-state index in [0.29, 0.717) is 32.0 Å². The van der Waals surface area contributed by atoms with Gasteiger partial charge in [0, 0.05) is 12.8 Å².